The number of carbonyl (C=O) groups excluding carboxylic acids is 2. The normalized spacial score (nSPS) is 16.9. The summed E-state index contributed by atoms with van der Waals surface area (Å²) in [6, 6.07) is 4.81. The molecule has 2 atom stereocenters. The first-order chi connectivity index (χ1) is 14.5. The lowest BCUT2D eigenvalue weighted by molar-refractivity contribution is -0.122. The van der Waals surface area contributed by atoms with E-state index in [4.69, 9.17) is 32.7 Å². The SMILES string of the molecule is COC(=O)c1c(NC(=O)[C@H](C)Oc2cc(Cl)ccc2Cl)sc2c1CC[C@@H](C(C)(C)C)C2. The first-order valence-electron chi connectivity index (χ1n) is 10.2. The fourth-order valence-corrected chi connectivity index (χ4v) is 5.40. The van der Waals surface area contributed by atoms with E-state index in [-0.39, 0.29) is 11.3 Å². The summed E-state index contributed by atoms with van der Waals surface area (Å²) in [5, 5.41) is 4.19. The summed E-state index contributed by atoms with van der Waals surface area (Å²) < 4.78 is 10.7. The zero-order valence-corrected chi connectivity index (χ0v) is 20.6. The minimum absolute atomic E-state index is 0.176. The van der Waals surface area contributed by atoms with E-state index in [9.17, 15) is 9.59 Å². The number of halogens is 2. The Labute approximate surface area is 197 Å². The monoisotopic (exact) mass is 483 g/mol. The Morgan fingerprint density at radius 3 is 2.61 bits per heavy atom. The molecule has 0 spiro atoms. The van der Waals surface area contributed by atoms with Crippen molar-refractivity contribution in [1.82, 2.24) is 0 Å². The molecule has 31 heavy (non-hydrogen) atoms. The van der Waals surface area contributed by atoms with E-state index >= 15 is 0 Å². The number of carbonyl (C=O) groups is 2. The summed E-state index contributed by atoms with van der Waals surface area (Å²) >= 11 is 13.6. The number of benzene rings is 1. The molecule has 3 rings (SSSR count). The van der Waals surface area contributed by atoms with Crippen molar-refractivity contribution in [2.45, 2.75) is 53.1 Å². The molecule has 0 saturated carbocycles. The lowest BCUT2D eigenvalue weighted by Crippen LogP contribution is -2.30. The van der Waals surface area contributed by atoms with Crippen LogP contribution < -0.4 is 10.1 Å². The summed E-state index contributed by atoms with van der Waals surface area (Å²) in [5.41, 5.74) is 1.62. The molecule has 1 N–H and O–H groups in total. The second-order valence-electron chi connectivity index (χ2n) is 8.83. The maximum Gasteiger partial charge on any atom is 0.341 e. The number of nitrogens with one attached hydrogen (secondary N) is 1. The Morgan fingerprint density at radius 2 is 1.97 bits per heavy atom. The predicted octanol–water partition coefficient (Wildman–Crippen LogP) is 6.40. The zero-order chi connectivity index (χ0) is 22.9. The fourth-order valence-electron chi connectivity index (χ4n) is 3.76. The van der Waals surface area contributed by atoms with Crippen molar-refractivity contribution in [2.75, 3.05) is 12.4 Å². The third kappa shape index (κ3) is 5.36. The average Bonchev–Trinajstić information content (AvgIpc) is 3.06. The van der Waals surface area contributed by atoms with Gasteiger partial charge in [-0.3, -0.25) is 4.79 Å². The Kier molecular flexibility index (Phi) is 7.24. The molecule has 8 heteroatoms. The smallest absolute Gasteiger partial charge is 0.341 e. The molecule has 1 amide bonds. The standard InChI is InChI=1S/C23H27Cl2NO4S/c1-12(30-17-11-14(24)7-9-16(17)25)20(27)26-21-19(22(28)29-5)15-8-6-13(23(2,3)4)10-18(15)31-21/h7,9,11-13H,6,8,10H2,1-5H3,(H,26,27)/t12-,13+/m0/s1. The van der Waals surface area contributed by atoms with Crippen LogP contribution in [-0.2, 0) is 22.4 Å². The highest BCUT2D eigenvalue weighted by atomic mass is 35.5. The first-order valence-corrected chi connectivity index (χ1v) is 11.7. The third-order valence-corrected chi connectivity index (χ3v) is 7.40. The maximum absolute atomic E-state index is 12.9. The summed E-state index contributed by atoms with van der Waals surface area (Å²) in [4.78, 5) is 26.5. The van der Waals surface area contributed by atoms with E-state index in [1.165, 1.54) is 18.4 Å². The Hall–Kier alpha value is -1.76. The molecular weight excluding hydrogens is 457 g/mol. The Morgan fingerprint density at radius 1 is 1.26 bits per heavy atom. The summed E-state index contributed by atoms with van der Waals surface area (Å²) in [6.45, 7) is 8.33. The summed E-state index contributed by atoms with van der Waals surface area (Å²) in [5.74, 6) is 0.0176. The summed E-state index contributed by atoms with van der Waals surface area (Å²) in [6.07, 6.45) is 1.83. The minimum Gasteiger partial charge on any atom is -0.479 e. The van der Waals surface area contributed by atoms with Crippen LogP contribution >= 0.6 is 34.5 Å². The van der Waals surface area contributed by atoms with Gasteiger partial charge in [0, 0.05) is 16.0 Å². The van der Waals surface area contributed by atoms with E-state index < -0.39 is 12.1 Å². The first kappa shape index (κ1) is 23.9. The molecule has 1 heterocycles. The van der Waals surface area contributed by atoms with Crippen molar-refractivity contribution < 1.29 is 19.1 Å². The lowest BCUT2D eigenvalue weighted by Gasteiger charge is -2.33. The molecule has 0 unspecified atom stereocenters. The number of thiophene rings is 1. The summed E-state index contributed by atoms with van der Waals surface area (Å²) in [7, 11) is 1.35. The van der Waals surface area contributed by atoms with E-state index in [2.05, 4.69) is 26.1 Å². The van der Waals surface area contributed by atoms with E-state index in [0.29, 0.717) is 32.3 Å². The zero-order valence-electron chi connectivity index (χ0n) is 18.3. The predicted molar refractivity (Wildman–Crippen MR) is 126 cm³/mol. The van der Waals surface area contributed by atoms with Crippen LogP contribution in [0.4, 0.5) is 5.00 Å². The van der Waals surface area contributed by atoms with Gasteiger partial charge in [-0.1, -0.05) is 44.0 Å². The van der Waals surface area contributed by atoms with E-state index in [1.807, 2.05) is 0 Å². The van der Waals surface area contributed by atoms with Crippen molar-refractivity contribution in [3.63, 3.8) is 0 Å². The molecule has 1 aliphatic rings. The van der Waals surface area contributed by atoms with Crippen LogP contribution in [-0.4, -0.2) is 25.1 Å². The van der Waals surface area contributed by atoms with Gasteiger partial charge < -0.3 is 14.8 Å². The highest BCUT2D eigenvalue weighted by molar-refractivity contribution is 7.17. The van der Waals surface area contributed by atoms with Gasteiger partial charge in [-0.2, -0.15) is 0 Å². The molecule has 5 nitrogen and oxygen atoms in total. The average molecular weight is 484 g/mol. The van der Waals surface area contributed by atoms with Gasteiger partial charge in [-0.25, -0.2) is 4.79 Å². The molecule has 1 aliphatic carbocycles. The van der Waals surface area contributed by atoms with Crippen molar-refractivity contribution >= 4 is 51.4 Å². The minimum atomic E-state index is -0.845. The lowest BCUT2D eigenvalue weighted by atomic mass is 9.72. The highest BCUT2D eigenvalue weighted by Crippen LogP contribution is 2.44. The quantitative estimate of drug-likeness (QED) is 0.499. The van der Waals surface area contributed by atoms with Gasteiger partial charge in [0.2, 0.25) is 0 Å². The molecular formula is C23H27Cl2NO4S. The molecule has 0 fully saturated rings. The van der Waals surface area contributed by atoms with Crippen molar-refractivity contribution in [3.8, 4) is 5.75 Å². The number of hydrogen-bond acceptors (Lipinski definition) is 5. The van der Waals surface area contributed by atoms with Gasteiger partial charge in [0.05, 0.1) is 17.7 Å². The molecule has 0 bridgehead atoms. The number of amides is 1. The second kappa shape index (κ2) is 9.39. The molecule has 168 valence electrons. The fraction of sp³-hybridized carbons (Fsp3) is 0.478. The van der Waals surface area contributed by atoms with Gasteiger partial charge in [0.15, 0.2) is 6.10 Å². The number of ether oxygens (including phenoxy) is 2. The van der Waals surface area contributed by atoms with Crippen LogP contribution in [0.5, 0.6) is 5.75 Å². The van der Waals surface area contributed by atoms with Crippen LogP contribution in [0, 0.1) is 11.3 Å². The van der Waals surface area contributed by atoms with Gasteiger partial charge in [0.25, 0.3) is 5.91 Å². The second-order valence-corrected chi connectivity index (χ2v) is 10.8. The molecule has 1 aromatic heterocycles. The van der Waals surface area contributed by atoms with Crippen LogP contribution in [0.15, 0.2) is 18.2 Å². The van der Waals surface area contributed by atoms with Crippen molar-refractivity contribution in [2.24, 2.45) is 11.3 Å². The van der Waals surface area contributed by atoms with Gasteiger partial charge in [0.1, 0.15) is 10.8 Å². The van der Waals surface area contributed by atoms with Crippen LogP contribution in [0.1, 0.15) is 54.9 Å². The van der Waals surface area contributed by atoms with Gasteiger partial charge in [-0.15, -0.1) is 11.3 Å². The van der Waals surface area contributed by atoms with Gasteiger partial charge >= 0.3 is 5.97 Å². The van der Waals surface area contributed by atoms with Crippen molar-refractivity contribution in [3.05, 3.63) is 44.2 Å². The largest absolute Gasteiger partial charge is 0.479 e. The number of anilines is 1. The maximum atomic E-state index is 12.9. The third-order valence-electron chi connectivity index (χ3n) is 5.68. The molecule has 0 radical (unpaired) electrons. The topological polar surface area (TPSA) is 64.6 Å². The van der Waals surface area contributed by atoms with Crippen molar-refractivity contribution in [1.29, 1.82) is 0 Å². The Bertz CT molecular complexity index is 996. The van der Waals surface area contributed by atoms with Crippen LogP contribution in [0.25, 0.3) is 0 Å². The number of esters is 1. The van der Waals surface area contributed by atoms with Crippen LogP contribution in [0.2, 0.25) is 10.0 Å². The molecule has 1 aromatic carbocycles. The number of fused-ring (bicyclic) bond motifs is 1. The molecule has 0 saturated heterocycles. The molecule has 0 aliphatic heterocycles. The number of methoxy groups -OCH3 is 1. The Balaban J connectivity index is 1.83. The number of rotatable bonds is 5. The van der Waals surface area contributed by atoms with Gasteiger partial charge in [-0.05, 0) is 55.2 Å². The van der Waals surface area contributed by atoms with Crippen LogP contribution in [0.3, 0.4) is 0 Å². The van der Waals surface area contributed by atoms with E-state index in [1.54, 1.807) is 25.1 Å². The van der Waals surface area contributed by atoms with E-state index in [0.717, 1.165) is 29.7 Å². The number of hydrogen-bond donors (Lipinski definition) is 1. The highest BCUT2D eigenvalue weighted by Gasteiger charge is 2.34. The molecule has 2 aromatic rings.